The van der Waals surface area contributed by atoms with E-state index < -0.39 is 11.5 Å². The summed E-state index contributed by atoms with van der Waals surface area (Å²) in [5, 5.41) is 3.13. The Bertz CT molecular complexity index is 1020. The average Bonchev–Trinajstić information content (AvgIpc) is 2.87. The molecule has 1 saturated heterocycles. The third-order valence-corrected chi connectivity index (χ3v) is 7.36. The summed E-state index contributed by atoms with van der Waals surface area (Å²) in [6.45, 7) is 2.16. The van der Waals surface area contributed by atoms with Crippen molar-refractivity contribution in [3.63, 3.8) is 0 Å². The SMILES string of the molecule is N[C@H](Cc1cccc(F)c1)C(=O)N1CCC2(CCCCc3ccccc3OCCCNC2=O)CC1. The lowest BCUT2D eigenvalue weighted by molar-refractivity contribution is -0.141. The molecule has 35 heavy (non-hydrogen) atoms. The first kappa shape index (κ1) is 25.2. The van der Waals surface area contributed by atoms with Crippen molar-refractivity contribution in [3.05, 3.63) is 65.5 Å². The van der Waals surface area contributed by atoms with Gasteiger partial charge >= 0.3 is 0 Å². The van der Waals surface area contributed by atoms with Gasteiger partial charge in [-0.25, -0.2) is 4.39 Å². The smallest absolute Gasteiger partial charge is 0.239 e. The first-order chi connectivity index (χ1) is 17.0. The summed E-state index contributed by atoms with van der Waals surface area (Å²) in [4.78, 5) is 28.0. The summed E-state index contributed by atoms with van der Waals surface area (Å²) in [5.74, 6) is 0.559. The number of ether oxygens (including phenoxy) is 1. The lowest BCUT2D eigenvalue weighted by Gasteiger charge is -2.41. The summed E-state index contributed by atoms with van der Waals surface area (Å²) < 4.78 is 19.4. The number of fused-ring (bicyclic) bond motifs is 1. The molecule has 2 aromatic rings. The van der Waals surface area contributed by atoms with E-state index in [4.69, 9.17) is 10.5 Å². The zero-order valence-electron chi connectivity index (χ0n) is 20.3. The van der Waals surface area contributed by atoms with E-state index in [0.29, 0.717) is 51.1 Å². The van der Waals surface area contributed by atoms with Crippen LogP contribution in [-0.2, 0) is 22.4 Å². The number of carbonyl (C=O) groups excluding carboxylic acids is 2. The molecule has 2 aliphatic rings. The van der Waals surface area contributed by atoms with Crippen LogP contribution < -0.4 is 15.8 Å². The van der Waals surface area contributed by atoms with Gasteiger partial charge in [-0.1, -0.05) is 36.8 Å². The normalized spacial score (nSPS) is 19.8. The highest BCUT2D eigenvalue weighted by atomic mass is 19.1. The Morgan fingerprint density at radius 2 is 1.89 bits per heavy atom. The average molecular weight is 482 g/mol. The Morgan fingerprint density at radius 3 is 2.69 bits per heavy atom. The van der Waals surface area contributed by atoms with Crippen molar-refractivity contribution in [1.29, 1.82) is 0 Å². The number of piperidine rings is 1. The van der Waals surface area contributed by atoms with Crippen molar-refractivity contribution in [2.75, 3.05) is 26.2 Å². The van der Waals surface area contributed by atoms with Crippen LogP contribution in [0.15, 0.2) is 48.5 Å². The van der Waals surface area contributed by atoms with Gasteiger partial charge < -0.3 is 20.7 Å². The number of aryl methyl sites for hydroxylation is 1. The van der Waals surface area contributed by atoms with Crippen LogP contribution in [-0.4, -0.2) is 49.0 Å². The molecule has 2 aromatic carbocycles. The number of amides is 2. The molecule has 3 N–H and O–H groups in total. The third kappa shape index (κ3) is 6.40. The predicted molar refractivity (Wildman–Crippen MR) is 133 cm³/mol. The first-order valence-corrected chi connectivity index (χ1v) is 12.7. The van der Waals surface area contributed by atoms with E-state index in [1.165, 1.54) is 17.7 Å². The molecule has 0 aromatic heterocycles. The highest BCUT2D eigenvalue weighted by Gasteiger charge is 2.42. The highest BCUT2D eigenvalue weighted by molar-refractivity contribution is 5.84. The van der Waals surface area contributed by atoms with Gasteiger partial charge in [-0.2, -0.15) is 0 Å². The molecular weight excluding hydrogens is 445 g/mol. The molecule has 1 fully saturated rings. The van der Waals surface area contributed by atoms with Crippen LogP contribution in [0.2, 0.25) is 0 Å². The number of benzene rings is 2. The largest absolute Gasteiger partial charge is 0.493 e. The number of likely N-dealkylation sites (tertiary alicyclic amines) is 1. The molecule has 1 atom stereocenters. The monoisotopic (exact) mass is 481 g/mol. The van der Waals surface area contributed by atoms with Gasteiger partial charge in [0.1, 0.15) is 11.6 Å². The molecule has 2 aliphatic heterocycles. The van der Waals surface area contributed by atoms with Crippen LogP contribution in [0.25, 0.3) is 0 Å². The number of para-hydroxylation sites is 1. The third-order valence-electron chi connectivity index (χ3n) is 7.36. The second kappa shape index (κ2) is 11.7. The van der Waals surface area contributed by atoms with E-state index in [2.05, 4.69) is 11.4 Å². The molecule has 2 heterocycles. The van der Waals surface area contributed by atoms with Gasteiger partial charge in [-0.15, -0.1) is 0 Å². The van der Waals surface area contributed by atoms with E-state index >= 15 is 0 Å². The highest BCUT2D eigenvalue weighted by Crippen LogP contribution is 2.38. The topological polar surface area (TPSA) is 84.7 Å². The summed E-state index contributed by atoms with van der Waals surface area (Å²) in [5.41, 5.74) is 7.66. The fraction of sp³-hybridized carbons (Fsp3) is 0.500. The molecule has 0 saturated carbocycles. The Hall–Kier alpha value is -2.93. The van der Waals surface area contributed by atoms with Crippen molar-refractivity contribution < 1.29 is 18.7 Å². The summed E-state index contributed by atoms with van der Waals surface area (Å²) in [7, 11) is 0. The number of halogens is 1. The predicted octanol–water partition coefficient (Wildman–Crippen LogP) is 3.62. The van der Waals surface area contributed by atoms with Gasteiger partial charge in [-0.05, 0) is 74.3 Å². The number of nitrogens with two attached hydrogens (primary N) is 1. The maximum atomic E-state index is 13.5. The molecule has 6 nitrogen and oxygen atoms in total. The number of nitrogens with one attached hydrogen (secondary N) is 1. The Balaban J connectivity index is 1.37. The Morgan fingerprint density at radius 1 is 1.09 bits per heavy atom. The standard InChI is InChI=1S/C28H36FN3O3/c29-23-10-5-7-21(19-23)20-24(30)26(33)32-16-13-28(14-17-32)12-4-3-9-22-8-1-2-11-25(22)35-18-6-15-31-27(28)34/h1-2,5,7-8,10-11,19,24H,3-4,6,9,12-18,20,30H2,(H,31,34)/t24-/m1/s1. The van der Waals surface area contributed by atoms with Crippen molar-refractivity contribution >= 4 is 11.8 Å². The Kier molecular flexibility index (Phi) is 8.39. The lowest BCUT2D eigenvalue weighted by Crippen LogP contribution is -2.53. The van der Waals surface area contributed by atoms with E-state index in [9.17, 15) is 14.0 Å². The van der Waals surface area contributed by atoms with Gasteiger partial charge in [0.05, 0.1) is 18.1 Å². The number of hydrogen-bond acceptors (Lipinski definition) is 4. The quantitative estimate of drug-likeness (QED) is 0.701. The van der Waals surface area contributed by atoms with E-state index in [1.54, 1.807) is 17.0 Å². The summed E-state index contributed by atoms with van der Waals surface area (Å²) in [6.07, 6.45) is 5.95. The molecule has 0 radical (unpaired) electrons. The minimum absolute atomic E-state index is 0.0884. The zero-order chi connectivity index (χ0) is 24.7. The maximum absolute atomic E-state index is 13.5. The van der Waals surface area contributed by atoms with E-state index in [-0.39, 0.29) is 17.6 Å². The van der Waals surface area contributed by atoms with Crippen LogP contribution in [0.4, 0.5) is 4.39 Å². The lowest BCUT2D eigenvalue weighted by atomic mass is 9.73. The number of carbonyl (C=O) groups is 2. The van der Waals surface area contributed by atoms with Crippen molar-refractivity contribution in [2.45, 2.75) is 57.4 Å². The molecule has 2 amide bonds. The summed E-state index contributed by atoms with van der Waals surface area (Å²) >= 11 is 0. The first-order valence-electron chi connectivity index (χ1n) is 12.7. The van der Waals surface area contributed by atoms with Crippen LogP contribution in [0.1, 0.15) is 49.7 Å². The maximum Gasteiger partial charge on any atom is 0.239 e. The number of nitrogens with zero attached hydrogens (tertiary/aromatic N) is 1. The number of rotatable bonds is 3. The molecule has 0 bridgehead atoms. The van der Waals surface area contributed by atoms with Crippen LogP contribution >= 0.6 is 0 Å². The zero-order valence-corrected chi connectivity index (χ0v) is 20.3. The molecule has 7 heteroatoms. The second-order valence-electron chi connectivity index (χ2n) is 9.82. The summed E-state index contributed by atoms with van der Waals surface area (Å²) in [6, 6.07) is 13.6. The second-order valence-corrected chi connectivity index (χ2v) is 9.82. The van der Waals surface area contributed by atoms with E-state index in [1.807, 2.05) is 18.2 Å². The fourth-order valence-electron chi connectivity index (χ4n) is 5.26. The minimum atomic E-state index is -0.722. The van der Waals surface area contributed by atoms with Crippen molar-refractivity contribution in [2.24, 2.45) is 11.1 Å². The van der Waals surface area contributed by atoms with Crippen molar-refractivity contribution in [1.82, 2.24) is 10.2 Å². The van der Waals surface area contributed by atoms with Gasteiger partial charge in [0, 0.05) is 19.6 Å². The van der Waals surface area contributed by atoms with Crippen LogP contribution in [0.3, 0.4) is 0 Å². The van der Waals surface area contributed by atoms with Crippen LogP contribution in [0, 0.1) is 11.2 Å². The van der Waals surface area contributed by atoms with Gasteiger partial charge in [0.15, 0.2) is 0 Å². The molecule has 188 valence electrons. The van der Waals surface area contributed by atoms with Crippen molar-refractivity contribution in [3.8, 4) is 5.75 Å². The molecule has 0 aliphatic carbocycles. The van der Waals surface area contributed by atoms with Gasteiger partial charge in [0.2, 0.25) is 11.8 Å². The molecule has 4 rings (SSSR count). The molecular formula is C28H36FN3O3. The molecule has 0 unspecified atom stereocenters. The Labute approximate surface area is 207 Å². The van der Waals surface area contributed by atoms with Gasteiger partial charge in [-0.3, -0.25) is 9.59 Å². The minimum Gasteiger partial charge on any atom is -0.493 e. The van der Waals surface area contributed by atoms with Gasteiger partial charge in [0.25, 0.3) is 0 Å². The number of hydrogen-bond donors (Lipinski definition) is 2. The van der Waals surface area contributed by atoms with Crippen LogP contribution in [0.5, 0.6) is 5.75 Å². The van der Waals surface area contributed by atoms with E-state index in [0.717, 1.165) is 37.9 Å². The fourth-order valence-corrected chi connectivity index (χ4v) is 5.26. The molecule has 1 spiro atoms.